The van der Waals surface area contributed by atoms with Crippen LogP contribution in [0, 0.1) is 5.92 Å². The van der Waals surface area contributed by atoms with Gasteiger partial charge in [-0.3, -0.25) is 14.5 Å². The fourth-order valence-electron chi connectivity index (χ4n) is 5.50. The Morgan fingerprint density at radius 3 is 2.50 bits per heavy atom. The first-order valence-corrected chi connectivity index (χ1v) is 10.5. The van der Waals surface area contributed by atoms with Crippen LogP contribution in [0.4, 0.5) is 0 Å². The van der Waals surface area contributed by atoms with E-state index in [0.29, 0.717) is 43.3 Å². The highest BCUT2D eigenvalue weighted by atomic mass is 16.5. The molecule has 5 rings (SSSR count). The van der Waals surface area contributed by atoms with Gasteiger partial charge in [0.2, 0.25) is 11.8 Å². The SMILES string of the molecule is COc1ccc([C@H]2CN(C(=O)CCCNC(C)=O)[C@H]3C4CCN(CC4)[C@@H]23)cc1. The number of nitrogens with one attached hydrogen (secondary N) is 1. The number of ether oxygens (including phenoxy) is 1. The van der Waals surface area contributed by atoms with Crippen LogP contribution in [0.25, 0.3) is 0 Å². The average Bonchev–Trinajstić information content (AvgIpc) is 3.15. The molecule has 1 N–H and O–H groups in total. The molecule has 4 heterocycles. The molecule has 0 aliphatic carbocycles. The van der Waals surface area contributed by atoms with Gasteiger partial charge in [-0.15, -0.1) is 0 Å². The molecule has 152 valence electrons. The summed E-state index contributed by atoms with van der Waals surface area (Å²) in [7, 11) is 1.69. The van der Waals surface area contributed by atoms with Gasteiger partial charge in [0.25, 0.3) is 0 Å². The van der Waals surface area contributed by atoms with Gasteiger partial charge in [0.1, 0.15) is 5.75 Å². The molecule has 0 spiro atoms. The van der Waals surface area contributed by atoms with Gasteiger partial charge >= 0.3 is 0 Å². The maximum atomic E-state index is 13.1. The maximum Gasteiger partial charge on any atom is 0.222 e. The molecule has 4 saturated heterocycles. The summed E-state index contributed by atoms with van der Waals surface area (Å²) in [5.74, 6) is 2.06. The van der Waals surface area contributed by atoms with E-state index in [9.17, 15) is 9.59 Å². The first-order chi connectivity index (χ1) is 13.6. The quantitative estimate of drug-likeness (QED) is 0.761. The Balaban J connectivity index is 1.51. The third kappa shape index (κ3) is 3.62. The van der Waals surface area contributed by atoms with E-state index in [0.717, 1.165) is 25.4 Å². The molecule has 0 saturated carbocycles. The van der Waals surface area contributed by atoms with Crippen LogP contribution in [0.2, 0.25) is 0 Å². The Morgan fingerprint density at radius 2 is 1.86 bits per heavy atom. The number of nitrogens with zero attached hydrogens (tertiary/aromatic N) is 2. The number of likely N-dealkylation sites (tertiary alicyclic amines) is 1. The van der Waals surface area contributed by atoms with Crippen LogP contribution in [0.1, 0.15) is 44.1 Å². The minimum atomic E-state index is -0.0364. The molecule has 0 radical (unpaired) electrons. The molecule has 4 fully saturated rings. The molecule has 2 amide bonds. The molecule has 4 aliphatic rings. The van der Waals surface area contributed by atoms with Gasteiger partial charge in [0.05, 0.1) is 13.2 Å². The summed E-state index contributed by atoms with van der Waals surface area (Å²) in [6, 6.07) is 9.14. The second-order valence-electron chi connectivity index (χ2n) is 8.37. The number of carbonyl (C=O) groups is 2. The zero-order valence-corrected chi connectivity index (χ0v) is 16.9. The number of rotatable bonds is 6. The predicted molar refractivity (Wildman–Crippen MR) is 107 cm³/mol. The lowest BCUT2D eigenvalue weighted by atomic mass is 9.75. The predicted octanol–water partition coefficient (Wildman–Crippen LogP) is 2.00. The van der Waals surface area contributed by atoms with E-state index in [-0.39, 0.29) is 11.8 Å². The van der Waals surface area contributed by atoms with E-state index < -0.39 is 0 Å². The number of piperidine rings is 3. The van der Waals surface area contributed by atoms with Crippen LogP contribution in [-0.4, -0.2) is 67.0 Å². The van der Waals surface area contributed by atoms with E-state index in [1.807, 2.05) is 12.1 Å². The lowest BCUT2D eigenvalue weighted by Gasteiger charge is -2.51. The summed E-state index contributed by atoms with van der Waals surface area (Å²) in [5, 5.41) is 2.79. The van der Waals surface area contributed by atoms with E-state index >= 15 is 0 Å². The number of hydrogen-bond acceptors (Lipinski definition) is 4. The van der Waals surface area contributed by atoms with Crippen LogP contribution >= 0.6 is 0 Å². The van der Waals surface area contributed by atoms with Crippen molar-refractivity contribution in [1.29, 1.82) is 0 Å². The Morgan fingerprint density at radius 1 is 1.14 bits per heavy atom. The van der Waals surface area contributed by atoms with E-state index in [1.54, 1.807) is 7.11 Å². The monoisotopic (exact) mass is 385 g/mol. The summed E-state index contributed by atoms with van der Waals surface area (Å²) in [6.45, 7) is 5.19. The number of hydrogen-bond donors (Lipinski definition) is 1. The molecule has 2 bridgehead atoms. The van der Waals surface area contributed by atoms with Gasteiger partial charge in [-0.2, -0.15) is 0 Å². The van der Waals surface area contributed by atoms with Crippen LogP contribution < -0.4 is 10.1 Å². The topological polar surface area (TPSA) is 61.9 Å². The summed E-state index contributed by atoms with van der Waals surface area (Å²) >= 11 is 0. The van der Waals surface area contributed by atoms with E-state index in [2.05, 4.69) is 27.2 Å². The van der Waals surface area contributed by atoms with Gasteiger partial charge in [-0.05, 0) is 56.0 Å². The Labute approximate surface area is 167 Å². The smallest absolute Gasteiger partial charge is 0.222 e. The molecule has 0 aromatic heterocycles. The zero-order valence-electron chi connectivity index (χ0n) is 16.9. The molecule has 3 atom stereocenters. The fourth-order valence-corrected chi connectivity index (χ4v) is 5.50. The van der Waals surface area contributed by atoms with E-state index in [4.69, 9.17) is 4.74 Å². The van der Waals surface area contributed by atoms with Crippen LogP contribution in [0.3, 0.4) is 0 Å². The van der Waals surface area contributed by atoms with Crippen LogP contribution in [0.15, 0.2) is 24.3 Å². The molecule has 0 unspecified atom stereocenters. The molecular formula is C22H31N3O3. The Kier molecular flexibility index (Phi) is 5.58. The lowest BCUT2D eigenvalue weighted by molar-refractivity contribution is -0.136. The van der Waals surface area contributed by atoms with Crippen molar-refractivity contribution in [1.82, 2.24) is 15.1 Å². The standard InChI is InChI=1S/C22H31N3O3/c1-15(26)23-11-3-4-20(27)25-14-19(16-5-7-18(28-2)8-6-16)22-21(25)17-9-12-24(22)13-10-17/h5-8,17,19,21-22H,3-4,9-14H2,1-2H3,(H,23,26)/t19-,21+,22+/m1/s1. The zero-order chi connectivity index (χ0) is 19.7. The van der Waals surface area contributed by atoms with Crippen molar-refractivity contribution in [3.05, 3.63) is 29.8 Å². The number of methoxy groups -OCH3 is 1. The summed E-state index contributed by atoms with van der Waals surface area (Å²) in [5.41, 5.74) is 1.30. The van der Waals surface area contributed by atoms with Crippen molar-refractivity contribution in [2.45, 2.75) is 50.6 Å². The van der Waals surface area contributed by atoms with Crippen LogP contribution in [0.5, 0.6) is 5.75 Å². The minimum Gasteiger partial charge on any atom is -0.497 e. The molecule has 6 heteroatoms. The van der Waals surface area contributed by atoms with Gasteiger partial charge in [-0.25, -0.2) is 0 Å². The van der Waals surface area contributed by atoms with Crippen molar-refractivity contribution in [3.8, 4) is 5.75 Å². The van der Waals surface area contributed by atoms with Gasteiger partial charge < -0.3 is 15.0 Å². The summed E-state index contributed by atoms with van der Waals surface area (Å²) in [6.07, 6.45) is 3.61. The lowest BCUT2D eigenvalue weighted by Crippen LogP contribution is -2.60. The first kappa shape index (κ1) is 19.2. The number of fused-ring (bicyclic) bond motifs is 2. The molecule has 1 aromatic carbocycles. The van der Waals surface area contributed by atoms with Crippen LogP contribution in [-0.2, 0) is 9.59 Å². The van der Waals surface area contributed by atoms with Crippen molar-refractivity contribution >= 4 is 11.8 Å². The second-order valence-corrected chi connectivity index (χ2v) is 8.37. The highest BCUT2D eigenvalue weighted by molar-refractivity contribution is 5.77. The summed E-state index contributed by atoms with van der Waals surface area (Å²) in [4.78, 5) is 28.9. The van der Waals surface area contributed by atoms with Crippen molar-refractivity contribution in [2.24, 2.45) is 5.92 Å². The minimum absolute atomic E-state index is 0.0364. The average molecular weight is 386 g/mol. The Bertz CT molecular complexity index is 712. The van der Waals surface area contributed by atoms with Crippen molar-refractivity contribution in [2.75, 3.05) is 33.3 Å². The second kappa shape index (κ2) is 8.11. The number of carbonyl (C=O) groups excluding carboxylic acids is 2. The fraction of sp³-hybridized carbons (Fsp3) is 0.636. The molecule has 4 aliphatic heterocycles. The summed E-state index contributed by atoms with van der Waals surface area (Å²) < 4.78 is 5.31. The largest absolute Gasteiger partial charge is 0.497 e. The normalized spacial score (nSPS) is 30.8. The highest BCUT2D eigenvalue weighted by Crippen LogP contribution is 2.46. The van der Waals surface area contributed by atoms with Gasteiger partial charge in [-0.1, -0.05) is 12.1 Å². The molecular weight excluding hydrogens is 354 g/mol. The third-order valence-corrected chi connectivity index (χ3v) is 6.80. The number of amides is 2. The van der Waals surface area contributed by atoms with Gasteiger partial charge in [0, 0.05) is 38.4 Å². The van der Waals surface area contributed by atoms with E-state index in [1.165, 1.54) is 25.3 Å². The van der Waals surface area contributed by atoms with Crippen molar-refractivity contribution in [3.63, 3.8) is 0 Å². The molecule has 1 aromatic rings. The number of benzene rings is 1. The third-order valence-electron chi connectivity index (χ3n) is 6.80. The highest BCUT2D eigenvalue weighted by Gasteiger charge is 2.54. The first-order valence-electron chi connectivity index (χ1n) is 10.5. The molecule has 28 heavy (non-hydrogen) atoms. The Hall–Kier alpha value is -2.08. The maximum absolute atomic E-state index is 13.1. The van der Waals surface area contributed by atoms with Gasteiger partial charge in [0.15, 0.2) is 0 Å². The van der Waals surface area contributed by atoms with Crippen molar-refractivity contribution < 1.29 is 14.3 Å². The molecule has 6 nitrogen and oxygen atoms in total.